The van der Waals surface area contributed by atoms with E-state index in [1.807, 2.05) is 45.0 Å². The summed E-state index contributed by atoms with van der Waals surface area (Å²) in [6.45, 7) is 6.25. The normalized spacial score (nSPS) is 11.6. The first-order valence-corrected chi connectivity index (χ1v) is 6.69. The third-order valence-electron chi connectivity index (χ3n) is 3.19. The van der Waals surface area contributed by atoms with Crippen LogP contribution in [0.1, 0.15) is 48.1 Å². The van der Waals surface area contributed by atoms with Crippen molar-refractivity contribution in [1.82, 2.24) is 15.0 Å². The fraction of sp³-hybridized carbons (Fsp3) is 0.400. The average molecular weight is 289 g/mol. The zero-order chi connectivity index (χ0) is 15.6. The molecular formula is C15H19N3O3. The maximum Gasteiger partial charge on any atom is 0.358 e. The van der Waals surface area contributed by atoms with Crippen molar-refractivity contribution >= 4 is 5.97 Å². The number of rotatable bonds is 4. The molecule has 0 radical (unpaired) electrons. The summed E-state index contributed by atoms with van der Waals surface area (Å²) in [6.07, 6.45) is 0. The van der Waals surface area contributed by atoms with Crippen LogP contribution >= 0.6 is 0 Å². The minimum Gasteiger partial charge on any atom is -0.476 e. The van der Waals surface area contributed by atoms with Crippen LogP contribution in [0.25, 0.3) is 0 Å². The van der Waals surface area contributed by atoms with E-state index in [0.29, 0.717) is 12.2 Å². The molecule has 1 heterocycles. The molecule has 21 heavy (non-hydrogen) atoms. The van der Waals surface area contributed by atoms with E-state index in [9.17, 15) is 9.90 Å². The Morgan fingerprint density at radius 2 is 1.76 bits per heavy atom. The highest BCUT2D eigenvalue weighted by atomic mass is 16.4. The first kappa shape index (κ1) is 15.2. The largest absolute Gasteiger partial charge is 0.476 e. The van der Waals surface area contributed by atoms with Gasteiger partial charge in [-0.15, -0.1) is 5.10 Å². The number of aromatic carboxylic acids is 1. The molecule has 6 nitrogen and oxygen atoms in total. The van der Waals surface area contributed by atoms with Gasteiger partial charge >= 0.3 is 5.97 Å². The van der Waals surface area contributed by atoms with Gasteiger partial charge in [-0.1, -0.05) is 50.3 Å². The second kappa shape index (κ2) is 5.65. The molecule has 0 unspecified atom stereocenters. The Kier molecular flexibility index (Phi) is 4.09. The molecule has 2 N–H and O–H groups in total. The van der Waals surface area contributed by atoms with Gasteiger partial charge in [0.1, 0.15) is 0 Å². The number of aliphatic hydroxyl groups excluding tert-OH is 1. The maximum atomic E-state index is 11.3. The smallest absolute Gasteiger partial charge is 0.358 e. The Morgan fingerprint density at radius 1 is 1.19 bits per heavy atom. The predicted molar refractivity (Wildman–Crippen MR) is 77.1 cm³/mol. The van der Waals surface area contributed by atoms with Crippen LogP contribution in [0.3, 0.4) is 0 Å². The fourth-order valence-corrected chi connectivity index (χ4v) is 2.23. The first-order valence-electron chi connectivity index (χ1n) is 6.69. The molecule has 0 bridgehead atoms. The minimum atomic E-state index is -1.07. The summed E-state index contributed by atoms with van der Waals surface area (Å²) in [4.78, 5) is 11.3. The molecule has 0 fully saturated rings. The number of nitrogens with zero attached hydrogens (tertiary/aromatic N) is 3. The van der Waals surface area contributed by atoms with Gasteiger partial charge in [-0.2, -0.15) is 0 Å². The SMILES string of the molecule is CC(C)(C)c1c(C(=O)O)nnn1Cc1ccc(CO)cc1. The van der Waals surface area contributed by atoms with Crippen LogP contribution in [0.2, 0.25) is 0 Å². The van der Waals surface area contributed by atoms with Crippen LogP contribution in [-0.2, 0) is 18.6 Å². The molecule has 0 spiro atoms. The van der Waals surface area contributed by atoms with E-state index in [4.69, 9.17) is 5.11 Å². The third kappa shape index (κ3) is 3.28. The van der Waals surface area contributed by atoms with Gasteiger partial charge in [0.25, 0.3) is 0 Å². The molecule has 2 rings (SSSR count). The lowest BCUT2D eigenvalue weighted by Crippen LogP contribution is -2.22. The highest BCUT2D eigenvalue weighted by Crippen LogP contribution is 2.25. The summed E-state index contributed by atoms with van der Waals surface area (Å²) in [5.41, 5.74) is 2.03. The zero-order valence-corrected chi connectivity index (χ0v) is 12.4. The predicted octanol–water partition coefficient (Wildman–Crippen LogP) is 1.81. The van der Waals surface area contributed by atoms with Crippen molar-refractivity contribution in [3.05, 3.63) is 46.8 Å². The minimum absolute atomic E-state index is 0.00000880. The maximum absolute atomic E-state index is 11.3. The van der Waals surface area contributed by atoms with Crippen molar-refractivity contribution in [3.8, 4) is 0 Å². The van der Waals surface area contributed by atoms with Crippen molar-refractivity contribution in [1.29, 1.82) is 0 Å². The van der Waals surface area contributed by atoms with Crippen molar-refractivity contribution in [2.75, 3.05) is 0 Å². The van der Waals surface area contributed by atoms with Crippen LogP contribution in [0.5, 0.6) is 0 Å². The van der Waals surface area contributed by atoms with Crippen LogP contribution in [0.4, 0.5) is 0 Å². The second-order valence-corrected chi connectivity index (χ2v) is 5.97. The van der Waals surface area contributed by atoms with E-state index in [-0.39, 0.29) is 17.7 Å². The number of hydrogen-bond donors (Lipinski definition) is 2. The lowest BCUT2D eigenvalue weighted by molar-refractivity contribution is 0.0687. The van der Waals surface area contributed by atoms with Gasteiger partial charge in [0.15, 0.2) is 5.69 Å². The Bertz CT molecular complexity index is 639. The van der Waals surface area contributed by atoms with Gasteiger partial charge in [-0.05, 0) is 11.1 Å². The molecule has 112 valence electrons. The number of carboxylic acids is 1. The van der Waals surface area contributed by atoms with Crippen molar-refractivity contribution in [3.63, 3.8) is 0 Å². The van der Waals surface area contributed by atoms with Gasteiger partial charge in [0.05, 0.1) is 18.8 Å². The molecule has 0 aliphatic carbocycles. The van der Waals surface area contributed by atoms with E-state index < -0.39 is 5.97 Å². The highest BCUT2D eigenvalue weighted by molar-refractivity contribution is 5.86. The van der Waals surface area contributed by atoms with Crippen LogP contribution < -0.4 is 0 Å². The molecule has 0 amide bonds. The quantitative estimate of drug-likeness (QED) is 0.896. The Balaban J connectivity index is 2.37. The van der Waals surface area contributed by atoms with E-state index in [1.54, 1.807) is 4.68 Å². The summed E-state index contributed by atoms with van der Waals surface area (Å²) >= 11 is 0. The molecule has 6 heteroatoms. The molecule has 1 aromatic carbocycles. The number of carboxylic acid groups (broad SMARTS) is 1. The molecule has 0 atom stereocenters. The van der Waals surface area contributed by atoms with Crippen molar-refractivity contribution < 1.29 is 15.0 Å². The van der Waals surface area contributed by atoms with Crippen molar-refractivity contribution in [2.24, 2.45) is 0 Å². The lowest BCUT2D eigenvalue weighted by atomic mass is 9.90. The Labute approximate surface area is 123 Å². The molecule has 1 aromatic heterocycles. The molecule has 0 saturated carbocycles. The van der Waals surface area contributed by atoms with E-state index in [2.05, 4.69) is 10.3 Å². The Hall–Kier alpha value is -2.21. The van der Waals surface area contributed by atoms with Crippen LogP contribution in [0.15, 0.2) is 24.3 Å². The molecular weight excluding hydrogens is 270 g/mol. The Morgan fingerprint density at radius 3 is 2.24 bits per heavy atom. The number of aromatic nitrogens is 3. The monoisotopic (exact) mass is 289 g/mol. The zero-order valence-electron chi connectivity index (χ0n) is 12.4. The molecule has 0 saturated heterocycles. The molecule has 0 aliphatic heterocycles. The summed E-state index contributed by atoms with van der Waals surface area (Å²) in [5.74, 6) is -1.07. The van der Waals surface area contributed by atoms with Gasteiger partial charge in [0.2, 0.25) is 0 Å². The van der Waals surface area contributed by atoms with Gasteiger partial charge < -0.3 is 10.2 Å². The van der Waals surface area contributed by atoms with Gasteiger partial charge in [-0.25, -0.2) is 9.48 Å². The third-order valence-corrected chi connectivity index (χ3v) is 3.19. The van der Waals surface area contributed by atoms with Crippen LogP contribution in [-0.4, -0.2) is 31.2 Å². The standard InChI is InChI=1S/C15H19N3O3/c1-15(2,3)13-12(14(20)21)16-17-18(13)8-10-4-6-11(9-19)7-5-10/h4-7,19H,8-9H2,1-3H3,(H,20,21). The van der Waals surface area contributed by atoms with E-state index in [1.165, 1.54) is 0 Å². The van der Waals surface area contributed by atoms with Gasteiger partial charge in [0, 0.05) is 5.41 Å². The molecule has 0 aliphatic rings. The topological polar surface area (TPSA) is 88.2 Å². The lowest BCUT2D eigenvalue weighted by Gasteiger charge is -2.20. The van der Waals surface area contributed by atoms with Gasteiger partial charge in [-0.3, -0.25) is 0 Å². The second-order valence-electron chi connectivity index (χ2n) is 5.97. The summed E-state index contributed by atoms with van der Waals surface area (Å²) in [6, 6.07) is 7.45. The van der Waals surface area contributed by atoms with Crippen LogP contribution in [0, 0.1) is 0 Å². The number of benzene rings is 1. The number of carbonyl (C=O) groups is 1. The van der Waals surface area contributed by atoms with E-state index in [0.717, 1.165) is 11.1 Å². The van der Waals surface area contributed by atoms with Crippen molar-refractivity contribution in [2.45, 2.75) is 39.3 Å². The summed E-state index contributed by atoms with van der Waals surface area (Å²) in [5, 5.41) is 26.0. The first-order chi connectivity index (χ1) is 9.82. The number of aliphatic hydroxyl groups is 1. The summed E-state index contributed by atoms with van der Waals surface area (Å²) in [7, 11) is 0. The molecule has 2 aromatic rings. The highest BCUT2D eigenvalue weighted by Gasteiger charge is 2.28. The van der Waals surface area contributed by atoms with E-state index >= 15 is 0 Å². The average Bonchev–Trinajstić information content (AvgIpc) is 2.83. The number of hydrogen-bond acceptors (Lipinski definition) is 4. The summed E-state index contributed by atoms with van der Waals surface area (Å²) < 4.78 is 1.62. The fourth-order valence-electron chi connectivity index (χ4n) is 2.23.